The van der Waals surface area contributed by atoms with E-state index in [2.05, 4.69) is 15.5 Å². The first-order valence-corrected chi connectivity index (χ1v) is 7.95. The molecule has 0 unspecified atom stereocenters. The van der Waals surface area contributed by atoms with E-state index in [-0.39, 0.29) is 11.3 Å². The normalized spacial score (nSPS) is 10.9. The number of aromatic amines is 1. The van der Waals surface area contributed by atoms with Gasteiger partial charge in [-0.25, -0.2) is 4.39 Å². The summed E-state index contributed by atoms with van der Waals surface area (Å²) in [6, 6.07) is 12.8. The molecule has 28 heavy (non-hydrogen) atoms. The third-order valence-corrected chi connectivity index (χ3v) is 3.78. The van der Waals surface area contributed by atoms with E-state index >= 15 is 0 Å². The first kappa shape index (κ1) is 18.5. The highest BCUT2D eigenvalue weighted by Crippen LogP contribution is 2.26. The number of carbonyl (C=O) groups excluding carboxylic acids is 1. The van der Waals surface area contributed by atoms with Crippen LogP contribution < -0.4 is 5.32 Å². The highest BCUT2D eigenvalue weighted by atomic mass is 19.1. The lowest BCUT2D eigenvalue weighted by Gasteiger charge is -2.04. The number of halogens is 1. The number of H-pyrrole nitrogens is 1. The molecule has 3 aromatic rings. The number of nitriles is 1. The lowest BCUT2D eigenvalue weighted by molar-refractivity contribution is -0.384. The molecule has 0 fully saturated rings. The smallest absolute Gasteiger partial charge is 0.270 e. The number of carbonyl (C=O) groups is 1. The molecule has 2 N–H and O–H groups in total. The van der Waals surface area contributed by atoms with Crippen LogP contribution in [0.3, 0.4) is 0 Å². The molecule has 0 bridgehead atoms. The van der Waals surface area contributed by atoms with Crippen molar-refractivity contribution in [2.24, 2.45) is 0 Å². The summed E-state index contributed by atoms with van der Waals surface area (Å²) in [5, 5.41) is 29.4. The lowest BCUT2D eigenvalue weighted by Crippen LogP contribution is -2.13. The van der Waals surface area contributed by atoms with Gasteiger partial charge in [-0.3, -0.25) is 20.0 Å². The van der Waals surface area contributed by atoms with E-state index in [0.29, 0.717) is 22.5 Å². The number of nitrogens with zero attached hydrogens (tertiary/aromatic N) is 3. The average Bonchev–Trinajstić information content (AvgIpc) is 3.16. The maximum Gasteiger partial charge on any atom is 0.270 e. The predicted molar refractivity (Wildman–Crippen MR) is 99.3 cm³/mol. The molecule has 0 atom stereocenters. The molecule has 0 aliphatic heterocycles. The van der Waals surface area contributed by atoms with Crippen molar-refractivity contribution in [1.29, 1.82) is 5.26 Å². The van der Waals surface area contributed by atoms with Crippen LogP contribution in [0.15, 0.2) is 60.3 Å². The number of benzene rings is 2. The van der Waals surface area contributed by atoms with Gasteiger partial charge in [0.25, 0.3) is 11.6 Å². The second-order valence-electron chi connectivity index (χ2n) is 5.64. The van der Waals surface area contributed by atoms with Crippen molar-refractivity contribution >= 4 is 23.4 Å². The molecule has 138 valence electrons. The maximum absolute atomic E-state index is 13.0. The Hall–Kier alpha value is -4.32. The summed E-state index contributed by atoms with van der Waals surface area (Å²) in [6.07, 6.45) is 2.72. The van der Waals surface area contributed by atoms with Gasteiger partial charge in [-0.2, -0.15) is 10.4 Å². The molecule has 0 saturated carbocycles. The van der Waals surface area contributed by atoms with E-state index in [1.807, 2.05) is 0 Å². The Morgan fingerprint density at radius 1 is 1.29 bits per heavy atom. The van der Waals surface area contributed by atoms with E-state index in [0.717, 1.165) is 0 Å². The molecule has 0 aliphatic rings. The molecule has 1 aromatic heterocycles. The SMILES string of the molecule is N#C/C(=C\c1cn[nH]c1-c1cccc([N+](=O)[O-])c1)C(=O)Nc1ccc(F)cc1. The fourth-order valence-corrected chi connectivity index (χ4v) is 2.45. The number of hydrogen-bond donors (Lipinski definition) is 2. The number of non-ortho nitro benzene ring substituents is 1. The molecule has 1 heterocycles. The summed E-state index contributed by atoms with van der Waals surface area (Å²) in [5.41, 5.74) is 1.33. The Bertz CT molecular complexity index is 1110. The van der Waals surface area contributed by atoms with E-state index in [9.17, 15) is 24.6 Å². The Labute approximate surface area is 158 Å². The van der Waals surface area contributed by atoms with Gasteiger partial charge >= 0.3 is 0 Å². The number of rotatable bonds is 5. The van der Waals surface area contributed by atoms with Crippen molar-refractivity contribution < 1.29 is 14.1 Å². The molecular weight excluding hydrogens is 365 g/mol. The fraction of sp³-hybridized carbons (Fsp3) is 0. The molecule has 9 heteroatoms. The first-order valence-electron chi connectivity index (χ1n) is 7.95. The van der Waals surface area contributed by atoms with Gasteiger partial charge in [-0.15, -0.1) is 0 Å². The van der Waals surface area contributed by atoms with E-state index in [4.69, 9.17) is 0 Å². The lowest BCUT2D eigenvalue weighted by atomic mass is 10.1. The van der Waals surface area contributed by atoms with Crippen LogP contribution in [0.5, 0.6) is 0 Å². The molecule has 1 amide bonds. The zero-order chi connectivity index (χ0) is 20.1. The maximum atomic E-state index is 13.0. The van der Waals surface area contributed by atoms with Crippen molar-refractivity contribution in [3.63, 3.8) is 0 Å². The molecule has 0 saturated heterocycles. The van der Waals surface area contributed by atoms with Crippen LogP contribution in [-0.2, 0) is 4.79 Å². The van der Waals surface area contributed by atoms with Gasteiger partial charge < -0.3 is 5.32 Å². The third-order valence-electron chi connectivity index (χ3n) is 3.78. The molecule has 0 radical (unpaired) electrons. The van der Waals surface area contributed by atoms with Crippen LogP contribution in [0.2, 0.25) is 0 Å². The molecule has 0 aliphatic carbocycles. The average molecular weight is 377 g/mol. The topological polar surface area (TPSA) is 125 Å². The van der Waals surface area contributed by atoms with E-state index in [1.54, 1.807) is 12.1 Å². The third kappa shape index (κ3) is 4.08. The van der Waals surface area contributed by atoms with Crippen molar-refractivity contribution in [2.45, 2.75) is 0 Å². The number of amides is 1. The Morgan fingerprint density at radius 3 is 2.71 bits per heavy atom. The molecular formula is C19H12FN5O3. The number of nitro groups is 1. The van der Waals surface area contributed by atoms with Gasteiger partial charge in [0.2, 0.25) is 0 Å². The predicted octanol–water partition coefficient (Wildman–Crippen LogP) is 3.67. The quantitative estimate of drug-likeness (QED) is 0.304. The standard InChI is InChI=1S/C19H12FN5O3/c20-15-4-6-16(7-5-15)23-19(26)13(10-21)8-14-11-22-24-18(14)12-2-1-3-17(9-12)25(27)28/h1-9,11H,(H,22,24)(H,23,26)/b13-8+. The monoisotopic (exact) mass is 377 g/mol. The van der Waals surface area contributed by atoms with Gasteiger partial charge in [0.15, 0.2) is 0 Å². The molecule has 8 nitrogen and oxygen atoms in total. The second kappa shape index (κ2) is 7.92. The van der Waals surface area contributed by atoms with Crippen molar-refractivity contribution in [1.82, 2.24) is 10.2 Å². The zero-order valence-corrected chi connectivity index (χ0v) is 14.2. The summed E-state index contributed by atoms with van der Waals surface area (Å²) >= 11 is 0. The molecule has 2 aromatic carbocycles. The van der Waals surface area contributed by atoms with Crippen molar-refractivity contribution in [3.8, 4) is 17.3 Å². The number of nitrogens with one attached hydrogen (secondary N) is 2. The highest BCUT2D eigenvalue weighted by molar-refractivity contribution is 6.10. The largest absolute Gasteiger partial charge is 0.321 e. The van der Waals surface area contributed by atoms with Gasteiger partial charge in [0.05, 0.1) is 16.8 Å². The summed E-state index contributed by atoms with van der Waals surface area (Å²) < 4.78 is 13.0. The summed E-state index contributed by atoms with van der Waals surface area (Å²) in [4.78, 5) is 22.8. The number of hydrogen-bond acceptors (Lipinski definition) is 5. The summed E-state index contributed by atoms with van der Waals surface area (Å²) in [6.45, 7) is 0. The Morgan fingerprint density at radius 2 is 2.04 bits per heavy atom. The first-order chi connectivity index (χ1) is 13.5. The minimum absolute atomic E-state index is 0.100. The fourth-order valence-electron chi connectivity index (χ4n) is 2.45. The Balaban J connectivity index is 1.90. The zero-order valence-electron chi connectivity index (χ0n) is 14.2. The second-order valence-corrected chi connectivity index (χ2v) is 5.64. The number of nitro benzene ring substituents is 1. The van der Waals surface area contributed by atoms with Crippen LogP contribution in [-0.4, -0.2) is 21.0 Å². The van der Waals surface area contributed by atoms with Crippen LogP contribution in [0.4, 0.5) is 15.8 Å². The van der Waals surface area contributed by atoms with E-state index in [1.165, 1.54) is 54.7 Å². The van der Waals surface area contributed by atoms with Gasteiger partial charge in [0.1, 0.15) is 17.5 Å². The number of aromatic nitrogens is 2. The summed E-state index contributed by atoms with van der Waals surface area (Å²) in [5.74, 6) is -1.13. The minimum Gasteiger partial charge on any atom is -0.321 e. The van der Waals surface area contributed by atoms with Crippen LogP contribution >= 0.6 is 0 Å². The van der Waals surface area contributed by atoms with Crippen molar-refractivity contribution in [2.75, 3.05) is 5.32 Å². The van der Waals surface area contributed by atoms with Crippen LogP contribution in [0.25, 0.3) is 17.3 Å². The van der Waals surface area contributed by atoms with Crippen LogP contribution in [0.1, 0.15) is 5.56 Å². The van der Waals surface area contributed by atoms with Gasteiger partial charge in [-0.1, -0.05) is 12.1 Å². The van der Waals surface area contributed by atoms with E-state index < -0.39 is 16.6 Å². The molecule has 3 rings (SSSR count). The number of anilines is 1. The van der Waals surface area contributed by atoms with Crippen molar-refractivity contribution in [3.05, 3.63) is 81.8 Å². The van der Waals surface area contributed by atoms with Crippen LogP contribution in [0, 0.1) is 27.3 Å². The Kier molecular flexibility index (Phi) is 5.23. The van der Waals surface area contributed by atoms with Gasteiger partial charge in [0, 0.05) is 28.9 Å². The summed E-state index contributed by atoms with van der Waals surface area (Å²) in [7, 11) is 0. The molecule has 0 spiro atoms. The highest BCUT2D eigenvalue weighted by Gasteiger charge is 2.14. The van der Waals surface area contributed by atoms with Gasteiger partial charge in [-0.05, 0) is 30.3 Å². The minimum atomic E-state index is -0.680.